The summed E-state index contributed by atoms with van der Waals surface area (Å²) < 4.78 is 33.2. The minimum atomic E-state index is -0.634. The molecule has 7 heteroatoms. The molecule has 5 nitrogen and oxygen atoms in total. The highest BCUT2D eigenvalue weighted by atomic mass is 19.1. The van der Waals surface area contributed by atoms with Crippen LogP contribution in [0.15, 0.2) is 42.5 Å². The van der Waals surface area contributed by atoms with Gasteiger partial charge in [0.05, 0.1) is 13.2 Å². The Hall–Kier alpha value is -2.67. The molecule has 2 N–H and O–H groups in total. The van der Waals surface area contributed by atoms with Crippen LogP contribution >= 0.6 is 0 Å². The number of carbonyl (C=O) groups excluding carboxylic acids is 1. The van der Waals surface area contributed by atoms with Gasteiger partial charge >= 0.3 is 6.03 Å². The number of hydrogen-bond donors (Lipinski definition) is 2. The predicted molar refractivity (Wildman–Crippen MR) is 117 cm³/mol. The Morgan fingerprint density at radius 1 is 1.16 bits per heavy atom. The van der Waals surface area contributed by atoms with Gasteiger partial charge in [-0.15, -0.1) is 0 Å². The topological polar surface area (TPSA) is 53.6 Å². The zero-order valence-electron chi connectivity index (χ0n) is 18.0. The molecule has 0 unspecified atom stereocenters. The van der Waals surface area contributed by atoms with Gasteiger partial charge in [0.2, 0.25) is 0 Å². The number of halogens is 2. The van der Waals surface area contributed by atoms with Crippen molar-refractivity contribution in [3.63, 3.8) is 0 Å². The maximum absolute atomic E-state index is 14.2. The lowest BCUT2D eigenvalue weighted by Gasteiger charge is -2.35. The van der Waals surface area contributed by atoms with E-state index in [4.69, 9.17) is 4.74 Å². The lowest BCUT2D eigenvalue weighted by Crippen LogP contribution is -2.49. The molecule has 0 spiro atoms. The highest BCUT2D eigenvalue weighted by molar-refractivity contribution is 5.74. The fraction of sp³-hybridized carbons (Fsp3) is 0.458. The maximum Gasteiger partial charge on any atom is 0.318 e. The van der Waals surface area contributed by atoms with Crippen LogP contribution in [-0.2, 0) is 13.1 Å². The number of piperidine rings is 1. The van der Waals surface area contributed by atoms with Crippen molar-refractivity contribution in [1.82, 2.24) is 15.5 Å². The quantitative estimate of drug-likeness (QED) is 0.570. The minimum absolute atomic E-state index is 0.0000414. The molecule has 2 aromatic carbocycles. The van der Waals surface area contributed by atoms with E-state index in [1.165, 1.54) is 12.1 Å². The number of urea groups is 1. The molecular weight excluding hydrogens is 400 g/mol. The van der Waals surface area contributed by atoms with Gasteiger partial charge < -0.3 is 20.3 Å². The van der Waals surface area contributed by atoms with Crippen LogP contribution in [0.3, 0.4) is 0 Å². The van der Waals surface area contributed by atoms with E-state index in [2.05, 4.69) is 17.6 Å². The first-order valence-corrected chi connectivity index (χ1v) is 11.0. The number of nitrogens with one attached hydrogen (secondary N) is 2. The lowest BCUT2D eigenvalue weighted by molar-refractivity contribution is 0.153. The molecule has 168 valence electrons. The van der Waals surface area contributed by atoms with Gasteiger partial charge in [-0.05, 0) is 56.1 Å². The van der Waals surface area contributed by atoms with Crippen molar-refractivity contribution in [2.45, 2.75) is 51.7 Å². The molecule has 0 aromatic heterocycles. The SMILES string of the molecule is CCCCOc1ccc(CNC(=O)N(Cc2ccc(F)cc2F)C2CCNCC2)cc1. The third kappa shape index (κ3) is 6.92. The molecular formula is C24H31F2N3O2. The first-order chi connectivity index (χ1) is 15.1. The van der Waals surface area contributed by atoms with Crippen LogP contribution in [0.25, 0.3) is 0 Å². The third-order valence-electron chi connectivity index (χ3n) is 5.50. The van der Waals surface area contributed by atoms with Crippen molar-refractivity contribution < 1.29 is 18.3 Å². The molecule has 1 heterocycles. The highest BCUT2D eigenvalue weighted by Gasteiger charge is 2.26. The summed E-state index contributed by atoms with van der Waals surface area (Å²) in [7, 11) is 0. The van der Waals surface area contributed by atoms with Gasteiger partial charge in [0.25, 0.3) is 0 Å². The van der Waals surface area contributed by atoms with E-state index in [-0.39, 0.29) is 18.6 Å². The Labute approximate surface area is 182 Å². The smallest absolute Gasteiger partial charge is 0.318 e. The van der Waals surface area contributed by atoms with E-state index in [1.807, 2.05) is 24.3 Å². The van der Waals surface area contributed by atoms with Crippen molar-refractivity contribution in [1.29, 1.82) is 0 Å². The summed E-state index contributed by atoms with van der Waals surface area (Å²) in [5.74, 6) is -0.446. The lowest BCUT2D eigenvalue weighted by atomic mass is 10.0. The highest BCUT2D eigenvalue weighted by Crippen LogP contribution is 2.19. The fourth-order valence-corrected chi connectivity index (χ4v) is 3.64. The summed E-state index contributed by atoms with van der Waals surface area (Å²) in [6.07, 6.45) is 3.68. The molecule has 0 saturated carbocycles. The van der Waals surface area contributed by atoms with Gasteiger partial charge in [-0.3, -0.25) is 0 Å². The second-order valence-corrected chi connectivity index (χ2v) is 7.85. The van der Waals surface area contributed by atoms with Crippen LogP contribution in [0.4, 0.5) is 13.6 Å². The average molecular weight is 432 g/mol. The second-order valence-electron chi connectivity index (χ2n) is 7.85. The molecule has 1 aliphatic rings. The number of nitrogens with zero attached hydrogens (tertiary/aromatic N) is 1. The van der Waals surface area contributed by atoms with E-state index in [9.17, 15) is 13.6 Å². The van der Waals surface area contributed by atoms with Gasteiger partial charge in [0.15, 0.2) is 0 Å². The van der Waals surface area contributed by atoms with Gasteiger partial charge in [-0.25, -0.2) is 13.6 Å². The van der Waals surface area contributed by atoms with E-state index < -0.39 is 11.6 Å². The van der Waals surface area contributed by atoms with Crippen LogP contribution in [0.1, 0.15) is 43.7 Å². The summed E-state index contributed by atoms with van der Waals surface area (Å²) in [6, 6.07) is 10.9. The number of unbranched alkanes of at least 4 members (excludes halogenated alkanes) is 1. The molecule has 0 aliphatic carbocycles. The number of rotatable bonds is 9. The number of carbonyl (C=O) groups is 1. The van der Waals surface area contributed by atoms with Gasteiger partial charge in [-0.1, -0.05) is 31.5 Å². The molecule has 1 saturated heterocycles. The molecule has 2 amide bonds. The molecule has 1 aliphatic heterocycles. The zero-order chi connectivity index (χ0) is 22.1. The molecule has 31 heavy (non-hydrogen) atoms. The van der Waals surface area contributed by atoms with E-state index >= 15 is 0 Å². The third-order valence-corrected chi connectivity index (χ3v) is 5.50. The zero-order valence-corrected chi connectivity index (χ0v) is 18.0. The Kier molecular flexibility index (Phi) is 8.64. The Morgan fingerprint density at radius 2 is 1.90 bits per heavy atom. The van der Waals surface area contributed by atoms with Gasteiger partial charge in [0.1, 0.15) is 17.4 Å². The number of hydrogen-bond acceptors (Lipinski definition) is 3. The van der Waals surface area contributed by atoms with Gasteiger partial charge in [-0.2, -0.15) is 0 Å². The summed E-state index contributed by atoms with van der Waals surface area (Å²) in [5.41, 5.74) is 1.26. The predicted octanol–water partition coefficient (Wildman–Crippen LogP) is 4.61. The van der Waals surface area contributed by atoms with Crippen LogP contribution < -0.4 is 15.4 Å². The summed E-state index contributed by atoms with van der Waals surface area (Å²) in [5, 5.41) is 6.23. The largest absolute Gasteiger partial charge is 0.494 e. The monoisotopic (exact) mass is 431 g/mol. The number of benzene rings is 2. The van der Waals surface area contributed by atoms with Gasteiger partial charge in [0, 0.05) is 24.2 Å². The van der Waals surface area contributed by atoms with Crippen LogP contribution in [0.2, 0.25) is 0 Å². The minimum Gasteiger partial charge on any atom is -0.494 e. The first-order valence-electron chi connectivity index (χ1n) is 11.0. The van der Waals surface area contributed by atoms with Crippen LogP contribution in [0, 0.1) is 11.6 Å². The fourth-order valence-electron chi connectivity index (χ4n) is 3.64. The second kappa shape index (κ2) is 11.6. The van der Waals surface area contributed by atoms with Crippen molar-refractivity contribution in [3.05, 3.63) is 65.2 Å². The Bertz CT molecular complexity index is 839. The number of ether oxygens (including phenoxy) is 1. The van der Waals surface area contributed by atoms with Crippen LogP contribution in [0.5, 0.6) is 5.75 Å². The Morgan fingerprint density at radius 3 is 2.58 bits per heavy atom. The molecule has 0 atom stereocenters. The van der Waals surface area contributed by atoms with Crippen molar-refractivity contribution in [2.75, 3.05) is 19.7 Å². The van der Waals surface area contributed by atoms with E-state index in [0.29, 0.717) is 18.7 Å². The molecule has 1 fully saturated rings. The van der Waals surface area contributed by atoms with Crippen molar-refractivity contribution >= 4 is 6.03 Å². The van der Waals surface area contributed by atoms with Crippen molar-refractivity contribution in [2.24, 2.45) is 0 Å². The summed E-state index contributed by atoms with van der Waals surface area (Å²) in [6.45, 7) is 4.89. The normalized spacial score (nSPS) is 14.3. The number of amides is 2. The van der Waals surface area contributed by atoms with Crippen molar-refractivity contribution in [3.8, 4) is 5.75 Å². The molecule has 0 bridgehead atoms. The molecule has 0 radical (unpaired) electrons. The Balaban J connectivity index is 1.62. The van der Waals surface area contributed by atoms with Crippen LogP contribution in [-0.4, -0.2) is 36.7 Å². The van der Waals surface area contributed by atoms with E-state index in [0.717, 1.165) is 56.2 Å². The maximum atomic E-state index is 14.2. The summed E-state index contributed by atoms with van der Waals surface area (Å²) in [4.78, 5) is 14.7. The molecule has 2 aromatic rings. The average Bonchev–Trinajstić information content (AvgIpc) is 2.78. The first kappa shape index (κ1) is 23.0. The standard InChI is InChI=1S/C24H31F2N3O2/c1-2-3-14-31-22-8-4-18(5-9-22)16-28-24(30)29(21-10-12-27-13-11-21)17-19-6-7-20(25)15-23(19)26/h4-9,15,21,27H,2-3,10-14,16-17H2,1H3,(H,28,30). The summed E-state index contributed by atoms with van der Waals surface area (Å²) >= 11 is 0. The van der Waals surface area contributed by atoms with E-state index in [1.54, 1.807) is 4.90 Å². The molecule has 3 rings (SSSR count).